The fourth-order valence-corrected chi connectivity index (χ4v) is 4.95. The minimum absolute atomic E-state index is 0.0546. The fraction of sp³-hybridized carbons (Fsp3) is 0.280. The third kappa shape index (κ3) is 3.35. The number of nitriles is 1. The molecule has 0 spiro atoms. The maximum absolute atomic E-state index is 13.5. The standard InChI is InChI=1S/C25H22N4O5/c1-25(2)10-18-23(19(30)11-25)22(14-3-8-20-21(9-14)34-13-33-20)17(12-26)24(27)28(18)15-4-6-16(7-5-15)29(31)32/h3-9,22H,10-11,13,27H2,1-2H3/t22-/m1/s1. The first-order chi connectivity index (χ1) is 16.2. The van der Waals surface area contributed by atoms with Gasteiger partial charge in [0.15, 0.2) is 17.3 Å². The minimum atomic E-state index is -0.646. The average molecular weight is 458 g/mol. The van der Waals surface area contributed by atoms with Crippen LogP contribution in [-0.2, 0) is 4.79 Å². The van der Waals surface area contributed by atoms with E-state index < -0.39 is 10.8 Å². The Labute approximate surface area is 195 Å². The molecule has 3 aliphatic rings. The zero-order valence-electron chi connectivity index (χ0n) is 18.7. The van der Waals surface area contributed by atoms with E-state index in [-0.39, 0.29) is 35.1 Å². The van der Waals surface area contributed by atoms with Crippen LogP contribution in [0.3, 0.4) is 0 Å². The molecule has 0 aromatic heterocycles. The predicted octanol–water partition coefficient (Wildman–Crippen LogP) is 4.26. The molecule has 2 aromatic rings. The van der Waals surface area contributed by atoms with E-state index in [0.717, 1.165) is 0 Å². The van der Waals surface area contributed by atoms with E-state index in [1.54, 1.807) is 29.2 Å². The van der Waals surface area contributed by atoms with Gasteiger partial charge in [0.25, 0.3) is 5.69 Å². The topological polar surface area (TPSA) is 132 Å². The van der Waals surface area contributed by atoms with Crippen LogP contribution in [0.1, 0.15) is 38.2 Å². The number of ether oxygens (including phenoxy) is 2. The van der Waals surface area contributed by atoms with E-state index in [1.807, 2.05) is 19.9 Å². The number of nitrogens with two attached hydrogens (primary N) is 1. The van der Waals surface area contributed by atoms with E-state index in [2.05, 4.69) is 6.07 Å². The van der Waals surface area contributed by atoms with Crippen LogP contribution < -0.4 is 20.1 Å². The van der Waals surface area contributed by atoms with Crippen LogP contribution in [0.4, 0.5) is 11.4 Å². The molecule has 9 heteroatoms. The molecule has 2 heterocycles. The third-order valence-corrected chi connectivity index (χ3v) is 6.43. The molecule has 172 valence electrons. The van der Waals surface area contributed by atoms with Crippen LogP contribution >= 0.6 is 0 Å². The lowest BCUT2D eigenvalue weighted by molar-refractivity contribution is -0.384. The minimum Gasteiger partial charge on any atom is -0.454 e. The predicted molar refractivity (Wildman–Crippen MR) is 123 cm³/mol. The van der Waals surface area contributed by atoms with Crippen molar-refractivity contribution in [3.63, 3.8) is 0 Å². The third-order valence-electron chi connectivity index (χ3n) is 6.43. The van der Waals surface area contributed by atoms with Crippen molar-refractivity contribution in [2.24, 2.45) is 11.1 Å². The van der Waals surface area contributed by atoms with Crippen LogP contribution in [0, 0.1) is 26.9 Å². The lowest BCUT2D eigenvalue weighted by atomic mass is 9.68. The molecule has 1 aliphatic carbocycles. The summed E-state index contributed by atoms with van der Waals surface area (Å²) in [5.41, 5.74) is 8.94. The summed E-state index contributed by atoms with van der Waals surface area (Å²) in [4.78, 5) is 25.9. The van der Waals surface area contributed by atoms with Crippen molar-refractivity contribution >= 4 is 17.2 Å². The van der Waals surface area contributed by atoms with Gasteiger partial charge in [-0.3, -0.25) is 19.8 Å². The van der Waals surface area contributed by atoms with Gasteiger partial charge in [0.05, 0.1) is 22.5 Å². The molecule has 0 saturated heterocycles. The van der Waals surface area contributed by atoms with Crippen LogP contribution in [0.5, 0.6) is 11.5 Å². The summed E-state index contributed by atoms with van der Waals surface area (Å²) in [5.74, 6) is 0.654. The summed E-state index contributed by atoms with van der Waals surface area (Å²) in [6.07, 6.45) is 0.880. The Balaban J connectivity index is 1.72. The SMILES string of the molecule is CC1(C)CC(=O)C2=C(C1)N(c1ccc([N+](=O)[O-])cc1)C(N)=C(C#N)[C@H]2c1ccc2c(c1)OCO2. The number of nitro groups is 1. The van der Waals surface area contributed by atoms with Gasteiger partial charge >= 0.3 is 0 Å². The van der Waals surface area contributed by atoms with Crippen LogP contribution in [0.2, 0.25) is 0 Å². The summed E-state index contributed by atoms with van der Waals surface area (Å²) < 4.78 is 10.9. The van der Waals surface area contributed by atoms with Crippen LogP contribution in [0.15, 0.2) is 65.1 Å². The second kappa shape index (κ2) is 7.63. The number of benzene rings is 2. The summed E-state index contributed by atoms with van der Waals surface area (Å²) in [6.45, 7) is 4.14. The number of nitro benzene ring substituents is 1. The van der Waals surface area contributed by atoms with Crippen LogP contribution in [0.25, 0.3) is 0 Å². The molecule has 0 unspecified atom stereocenters. The van der Waals surface area contributed by atoms with Gasteiger partial charge in [-0.2, -0.15) is 5.26 Å². The summed E-state index contributed by atoms with van der Waals surface area (Å²) in [5, 5.41) is 21.3. The van der Waals surface area contributed by atoms with Crippen molar-refractivity contribution in [1.29, 1.82) is 5.26 Å². The number of anilines is 1. The van der Waals surface area contributed by atoms with Gasteiger partial charge in [-0.1, -0.05) is 19.9 Å². The van der Waals surface area contributed by atoms with Gasteiger partial charge in [0, 0.05) is 35.5 Å². The fourth-order valence-electron chi connectivity index (χ4n) is 4.95. The number of hydrogen-bond acceptors (Lipinski definition) is 8. The van der Waals surface area contributed by atoms with Gasteiger partial charge in [-0.25, -0.2) is 0 Å². The van der Waals surface area contributed by atoms with Gasteiger partial charge in [0.1, 0.15) is 5.82 Å². The first kappa shape index (κ1) is 21.5. The zero-order valence-corrected chi connectivity index (χ0v) is 18.7. The highest BCUT2D eigenvalue weighted by Crippen LogP contribution is 2.51. The monoisotopic (exact) mass is 458 g/mol. The Kier molecular flexibility index (Phi) is 4.83. The van der Waals surface area contributed by atoms with Gasteiger partial charge < -0.3 is 15.2 Å². The molecule has 0 radical (unpaired) electrons. The number of carbonyl (C=O) groups is 1. The van der Waals surface area contributed by atoms with Crippen molar-refractivity contribution in [2.75, 3.05) is 11.7 Å². The first-order valence-corrected chi connectivity index (χ1v) is 10.8. The summed E-state index contributed by atoms with van der Waals surface area (Å²) in [6, 6.07) is 13.5. The number of ketones is 1. The molecule has 9 nitrogen and oxygen atoms in total. The van der Waals surface area contributed by atoms with Crippen LogP contribution in [-0.4, -0.2) is 17.5 Å². The molecule has 1 atom stereocenters. The van der Waals surface area contributed by atoms with E-state index in [1.165, 1.54) is 12.1 Å². The Morgan fingerprint density at radius 3 is 2.53 bits per heavy atom. The molecular weight excluding hydrogens is 436 g/mol. The van der Waals surface area contributed by atoms with E-state index >= 15 is 0 Å². The highest BCUT2D eigenvalue weighted by atomic mass is 16.7. The molecule has 5 rings (SSSR count). The van der Waals surface area contributed by atoms with Crippen molar-refractivity contribution in [3.05, 3.63) is 80.8 Å². The molecule has 0 saturated carbocycles. The van der Waals surface area contributed by atoms with Gasteiger partial charge in [-0.15, -0.1) is 0 Å². The number of fused-ring (bicyclic) bond motifs is 1. The van der Waals surface area contributed by atoms with Crippen molar-refractivity contribution < 1.29 is 19.2 Å². The largest absolute Gasteiger partial charge is 0.454 e. The van der Waals surface area contributed by atoms with Crippen molar-refractivity contribution in [2.45, 2.75) is 32.6 Å². The molecule has 2 N–H and O–H groups in total. The zero-order chi connectivity index (χ0) is 24.2. The number of hydrogen-bond donors (Lipinski definition) is 1. The number of non-ortho nitro benzene ring substituents is 1. The second-order valence-electron chi connectivity index (χ2n) is 9.37. The summed E-state index contributed by atoms with van der Waals surface area (Å²) >= 11 is 0. The molecule has 0 bridgehead atoms. The smallest absolute Gasteiger partial charge is 0.269 e. The number of Topliss-reactive ketones (excluding diaryl/α,β-unsaturated/α-hetero) is 1. The molecule has 2 aromatic carbocycles. The Bertz CT molecular complexity index is 1330. The normalized spacial score (nSPS) is 20.8. The Hall–Kier alpha value is -4.32. The number of rotatable bonds is 3. The highest BCUT2D eigenvalue weighted by Gasteiger charge is 2.45. The Morgan fingerprint density at radius 2 is 1.85 bits per heavy atom. The van der Waals surface area contributed by atoms with Gasteiger partial charge in [-0.05, 0) is 41.7 Å². The first-order valence-electron chi connectivity index (χ1n) is 10.8. The molecule has 0 fully saturated rings. The number of allylic oxidation sites excluding steroid dienone is 3. The lowest BCUT2D eigenvalue weighted by Crippen LogP contribution is -2.42. The average Bonchev–Trinajstić information content (AvgIpc) is 3.25. The number of nitrogens with zero attached hydrogens (tertiary/aromatic N) is 3. The highest BCUT2D eigenvalue weighted by molar-refractivity contribution is 6.01. The quantitative estimate of drug-likeness (QED) is 0.533. The van der Waals surface area contributed by atoms with E-state index in [0.29, 0.717) is 46.9 Å². The molecule has 34 heavy (non-hydrogen) atoms. The maximum atomic E-state index is 13.5. The molecule has 0 amide bonds. The maximum Gasteiger partial charge on any atom is 0.269 e. The molecular formula is C25H22N4O5. The van der Waals surface area contributed by atoms with Gasteiger partial charge in [0.2, 0.25) is 6.79 Å². The second-order valence-corrected chi connectivity index (χ2v) is 9.37. The lowest BCUT2D eigenvalue weighted by Gasteiger charge is -2.43. The summed E-state index contributed by atoms with van der Waals surface area (Å²) in [7, 11) is 0. The Morgan fingerprint density at radius 1 is 1.15 bits per heavy atom. The number of carbonyl (C=O) groups excluding carboxylic acids is 1. The van der Waals surface area contributed by atoms with E-state index in [4.69, 9.17) is 15.2 Å². The van der Waals surface area contributed by atoms with Crippen molar-refractivity contribution in [1.82, 2.24) is 0 Å². The molecule has 2 aliphatic heterocycles. The van der Waals surface area contributed by atoms with Crippen molar-refractivity contribution in [3.8, 4) is 17.6 Å². The van der Waals surface area contributed by atoms with E-state index in [9.17, 15) is 20.2 Å².